The summed E-state index contributed by atoms with van der Waals surface area (Å²) in [5.41, 5.74) is 3.92. The van der Waals surface area contributed by atoms with E-state index in [-0.39, 0.29) is 22.6 Å². The molecule has 8 heteroatoms. The molecule has 0 radical (unpaired) electrons. The van der Waals surface area contributed by atoms with E-state index in [1.54, 1.807) is 21.9 Å². The zero-order valence-electron chi connectivity index (χ0n) is 19.4. The number of hydrogen-bond donors (Lipinski definition) is 1. The zero-order chi connectivity index (χ0) is 23.8. The summed E-state index contributed by atoms with van der Waals surface area (Å²) < 4.78 is 29.2. The maximum Gasteiger partial charge on any atom is 0.241 e. The van der Waals surface area contributed by atoms with E-state index < -0.39 is 16.1 Å². The van der Waals surface area contributed by atoms with Crippen LogP contribution in [0.1, 0.15) is 43.9 Å². The average molecular weight is 470 g/mol. The van der Waals surface area contributed by atoms with E-state index in [1.807, 2.05) is 32.0 Å². The minimum absolute atomic E-state index is 0.0619. The van der Waals surface area contributed by atoms with Crippen molar-refractivity contribution in [2.75, 3.05) is 18.0 Å². The number of amides is 2. The van der Waals surface area contributed by atoms with Crippen molar-refractivity contribution in [3.8, 4) is 0 Å². The molecule has 2 amide bonds. The van der Waals surface area contributed by atoms with Crippen molar-refractivity contribution in [1.29, 1.82) is 0 Å². The lowest BCUT2D eigenvalue weighted by atomic mass is 9.98. The molecule has 176 valence electrons. The minimum Gasteiger partial charge on any atom is -0.337 e. The van der Waals surface area contributed by atoms with Gasteiger partial charge in [-0.1, -0.05) is 38.1 Å². The van der Waals surface area contributed by atoms with Crippen LogP contribution in [-0.4, -0.2) is 44.3 Å². The molecule has 0 saturated carbocycles. The molecule has 0 saturated heterocycles. The van der Waals surface area contributed by atoms with Gasteiger partial charge in [0.1, 0.15) is 6.04 Å². The average Bonchev–Trinajstić information content (AvgIpc) is 3.21. The van der Waals surface area contributed by atoms with E-state index in [9.17, 15) is 18.0 Å². The van der Waals surface area contributed by atoms with Crippen molar-refractivity contribution in [3.05, 3.63) is 59.2 Å². The number of rotatable bonds is 6. The molecule has 2 aliphatic rings. The lowest BCUT2D eigenvalue weighted by molar-refractivity contribution is -0.134. The van der Waals surface area contributed by atoms with Crippen LogP contribution < -0.4 is 9.62 Å². The first-order valence-electron chi connectivity index (χ1n) is 11.4. The van der Waals surface area contributed by atoms with Gasteiger partial charge >= 0.3 is 0 Å². The van der Waals surface area contributed by atoms with Crippen molar-refractivity contribution >= 4 is 27.5 Å². The van der Waals surface area contributed by atoms with Crippen LogP contribution in [0, 0.1) is 5.92 Å². The molecule has 2 aromatic rings. The lowest BCUT2D eigenvalue weighted by Gasteiger charge is -2.32. The number of fused-ring (bicyclic) bond motifs is 2. The second-order valence-electron chi connectivity index (χ2n) is 9.29. The lowest BCUT2D eigenvalue weighted by Crippen LogP contribution is -2.50. The molecule has 0 aromatic heterocycles. The largest absolute Gasteiger partial charge is 0.337 e. The van der Waals surface area contributed by atoms with Gasteiger partial charge in [0.25, 0.3) is 0 Å². The van der Waals surface area contributed by atoms with Gasteiger partial charge in [0.2, 0.25) is 21.8 Å². The van der Waals surface area contributed by atoms with Crippen LogP contribution in [-0.2, 0) is 39.0 Å². The third kappa shape index (κ3) is 4.96. The van der Waals surface area contributed by atoms with Gasteiger partial charge < -0.3 is 9.80 Å². The molecule has 2 heterocycles. The first kappa shape index (κ1) is 23.4. The van der Waals surface area contributed by atoms with Crippen LogP contribution in [0.4, 0.5) is 5.69 Å². The predicted molar refractivity (Wildman–Crippen MR) is 127 cm³/mol. The SMILES string of the molecule is CC(=O)N1CCc2cc(S(=O)(=O)N[C@H](CC(C)C)C(=O)N3CCc4ccccc4C3)ccc21. The van der Waals surface area contributed by atoms with Gasteiger partial charge in [-0.2, -0.15) is 4.72 Å². The Bertz CT molecular complexity index is 1180. The van der Waals surface area contributed by atoms with Gasteiger partial charge in [-0.15, -0.1) is 0 Å². The molecule has 4 rings (SSSR count). The van der Waals surface area contributed by atoms with Crippen molar-refractivity contribution in [3.63, 3.8) is 0 Å². The number of carbonyl (C=O) groups is 2. The first-order chi connectivity index (χ1) is 15.7. The molecular weight excluding hydrogens is 438 g/mol. The molecule has 0 unspecified atom stereocenters. The molecule has 33 heavy (non-hydrogen) atoms. The Hall–Kier alpha value is -2.71. The Kier molecular flexibility index (Phi) is 6.59. The van der Waals surface area contributed by atoms with Gasteiger partial charge in [-0.05, 0) is 60.1 Å². The highest BCUT2D eigenvalue weighted by molar-refractivity contribution is 7.89. The summed E-state index contributed by atoms with van der Waals surface area (Å²) in [5, 5.41) is 0. The highest BCUT2D eigenvalue weighted by Crippen LogP contribution is 2.30. The molecule has 1 N–H and O–H groups in total. The summed E-state index contributed by atoms with van der Waals surface area (Å²) in [6.45, 7) is 7.07. The Morgan fingerprint density at radius 2 is 1.70 bits per heavy atom. The smallest absolute Gasteiger partial charge is 0.241 e. The van der Waals surface area contributed by atoms with Gasteiger partial charge in [0, 0.05) is 32.2 Å². The monoisotopic (exact) mass is 469 g/mol. The topological polar surface area (TPSA) is 86.8 Å². The maximum absolute atomic E-state index is 13.4. The maximum atomic E-state index is 13.4. The van der Waals surface area contributed by atoms with Gasteiger partial charge in [-0.3, -0.25) is 9.59 Å². The summed E-state index contributed by atoms with van der Waals surface area (Å²) in [4.78, 5) is 28.7. The predicted octanol–water partition coefficient (Wildman–Crippen LogP) is 2.87. The van der Waals surface area contributed by atoms with Crippen LogP contribution in [0.3, 0.4) is 0 Å². The fraction of sp³-hybridized carbons (Fsp3) is 0.440. The van der Waals surface area contributed by atoms with E-state index in [2.05, 4.69) is 10.8 Å². The Labute approximate surface area is 195 Å². The second-order valence-corrected chi connectivity index (χ2v) is 11.0. The molecular formula is C25H31N3O4S. The molecule has 1 atom stereocenters. The Morgan fingerprint density at radius 3 is 2.39 bits per heavy atom. The van der Waals surface area contributed by atoms with Crippen LogP contribution >= 0.6 is 0 Å². The summed E-state index contributed by atoms with van der Waals surface area (Å²) in [5.74, 6) is -0.109. The van der Waals surface area contributed by atoms with Crippen molar-refractivity contribution in [2.24, 2.45) is 5.92 Å². The Morgan fingerprint density at radius 1 is 1.00 bits per heavy atom. The van der Waals surface area contributed by atoms with E-state index in [4.69, 9.17) is 0 Å². The van der Waals surface area contributed by atoms with Crippen LogP contribution in [0.25, 0.3) is 0 Å². The highest BCUT2D eigenvalue weighted by Gasteiger charge is 2.32. The third-order valence-corrected chi connectivity index (χ3v) is 7.85. The molecule has 7 nitrogen and oxygen atoms in total. The number of nitrogens with zero attached hydrogens (tertiary/aromatic N) is 2. The minimum atomic E-state index is -3.91. The summed E-state index contributed by atoms with van der Waals surface area (Å²) in [6.07, 6.45) is 1.79. The molecule has 0 bridgehead atoms. The fourth-order valence-corrected chi connectivity index (χ4v) is 5.95. The molecule has 0 aliphatic carbocycles. The van der Waals surface area contributed by atoms with Gasteiger partial charge in [0.15, 0.2) is 0 Å². The highest BCUT2D eigenvalue weighted by atomic mass is 32.2. The number of hydrogen-bond acceptors (Lipinski definition) is 4. The molecule has 0 spiro atoms. The molecule has 2 aromatic carbocycles. The van der Waals surface area contributed by atoms with Crippen molar-refractivity contribution in [2.45, 2.75) is 57.5 Å². The van der Waals surface area contributed by atoms with Crippen LogP contribution in [0.15, 0.2) is 47.4 Å². The van der Waals surface area contributed by atoms with E-state index >= 15 is 0 Å². The second kappa shape index (κ2) is 9.27. The molecule has 0 fully saturated rings. The standard InChI is InChI=1S/C25H31N3O4S/c1-17(2)14-23(25(30)27-12-10-19-6-4-5-7-21(19)16-27)26-33(31,32)22-8-9-24-20(15-22)11-13-28(24)18(3)29/h4-9,15,17,23,26H,10-14,16H2,1-3H3/t23-/m1/s1. The van der Waals surface area contributed by atoms with E-state index in [0.29, 0.717) is 32.5 Å². The first-order valence-corrected chi connectivity index (χ1v) is 12.9. The number of sulfonamides is 1. The summed E-state index contributed by atoms with van der Waals surface area (Å²) in [7, 11) is -3.91. The summed E-state index contributed by atoms with van der Waals surface area (Å²) in [6, 6.07) is 12.0. The third-order valence-electron chi connectivity index (χ3n) is 6.38. The number of carbonyl (C=O) groups excluding carboxylic acids is 2. The van der Waals surface area contributed by atoms with Gasteiger partial charge in [-0.25, -0.2) is 8.42 Å². The summed E-state index contributed by atoms with van der Waals surface area (Å²) >= 11 is 0. The Balaban J connectivity index is 1.55. The van der Waals surface area contributed by atoms with Crippen molar-refractivity contribution < 1.29 is 18.0 Å². The van der Waals surface area contributed by atoms with Crippen LogP contribution in [0.2, 0.25) is 0 Å². The quantitative estimate of drug-likeness (QED) is 0.705. The van der Waals surface area contributed by atoms with Crippen LogP contribution in [0.5, 0.6) is 0 Å². The molecule has 2 aliphatic heterocycles. The van der Waals surface area contributed by atoms with E-state index in [0.717, 1.165) is 23.2 Å². The zero-order valence-corrected chi connectivity index (χ0v) is 20.2. The number of anilines is 1. The number of nitrogens with one attached hydrogen (secondary N) is 1. The van der Waals surface area contributed by atoms with Crippen molar-refractivity contribution in [1.82, 2.24) is 9.62 Å². The number of benzene rings is 2. The van der Waals surface area contributed by atoms with E-state index in [1.165, 1.54) is 18.6 Å². The van der Waals surface area contributed by atoms with Gasteiger partial charge in [0.05, 0.1) is 4.90 Å². The normalized spacial score (nSPS) is 16.5. The fourth-order valence-electron chi connectivity index (χ4n) is 4.70.